The topological polar surface area (TPSA) is 129 Å². The number of rotatable bonds is 8. The number of anilines is 4. The van der Waals surface area contributed by atoms with Crippen LogP contribution < -0.4 is 20.1 Å². The molecular weight excluding hydrogens is 390 g/mol. The van der Waals surface area contributed by atoms with Crippen LogP contribution in [0.25, 0.3) is 0 Å². The summed E-state index contributed by atoms with van der Waals surface area (Å²) in [4.78, 5) is 30.8. The molecule has 0 radical (unpaired) electrons. The van der Waals surface area contributed by atoms with E-state index in [4.69, 9.17) is 9.47 Å². The summed E-state index contributed by atoms with van der Waals surface area (Å²) >= 11 is 0. The van der Waals surface area contributed by atoms with Crippen LogP contribution in [0, 0.1) is 10.1 Å². The summed E-state index contributed by atoms with van der Waals surface area (Å²) in [6, 6.07) is 11.6. The molecule has 1 heterocycles. The third-order valence-corrected chi connectivity index (χ3v) is 4.20. The van der Waals surface area contributed by atoms with Crippen molar-refractivity contribution in [1.29, 1.82) is 0 Å². The number of aromatic nitrogens is 2. The fourth-order valence-corrected chi connectivity index (χ4v) is 2.72. The second-order valence-electron chi connectivity index (χ2n) is 6.13. The Hall–Kier alpha value is -4.21. The maximum atomic E-state index is 11.8. The molecule has 0 spiro atoms. The Labute approximate surface area is 172 Å². The first-order valence-corrected chi connectivity index (χ1v) is 8.79. The normalized spacial score (nSPS) is 10.2. The lowest BCUT2D eigenvalue weighted by molar-refractivity contribution is -0.383. The first kappa shape index (κ1) is 20.5. The van der Waals surface area contributed by atoms with Crippen LogP contribution >= 0.6 is 0 Å². The van der Waals surface area contributed by atoms with Crippen molar-refractivity contribution in [3.8, 4) is 11.5 Å². The van der Waals surface area contributed by atoms with E-state index in [1.807, 2.05) is 0 Å². The lowest BCUT2D eigenvalue weighted by atomic mass is 10.1. The fourth-order valence-electron chi connectivity index (χ4n) is 2.72. The van der Waals surface area contributed by atoms with Crippen molar-refractivity contribution in [2.45, 2.75) is 6.92 Å². The predicted molar refractivity (Wildman–Crippen MR) is 111 cm³/mol. The predicted octanol–water partition coefficient (Wildman–Crippen LogP) is 4.09. The Morgan fingerprint density at radius 2 is 1.77 bits per heavy atom. The minimum absolute atomic E-state index is 0.0225. The molecule has 0 unspecified atom stereocenters. The molecule has 0 saturated heterocycles. The summed E-state index contributed by atoms with van der Waals surface area (Å²) in [5.41, 5.74) is 1.06. The van der Waals surface area contributed by atoms with Crippen molar-refractivity contribution in [1.82, 2.24) is 9.97 Å². The lowest BCUT2D eigenvalue weighted by Crippen LogP contribution is -2.06. The first-order chi connectivity index (χ1) is 14.4. The molecule has 3 aromatic rings. The van der Waals surface area contributed by atoms with E-state index >= 15 is 0 Å². The second kappa shape index (κ2) is 8.86. The summed E-state index contributed by atoms with van der Waals surface area (Å²) in [5, 5.41) is 17.6. The minimum atomic E-state index is -0.588. The van der Waals surface area contributed by atoms with Crippen molar-refractivity contribution in [2.24, 2.45) is 0 Å². The molecule has 0 bridgehead atoms. The average Bonchev–Trinajstić information content (AvgIpc) is 2.74. The number of methoxy groups -OCH3 is 2. The maximum absolute atomic E-state index is 11.8. The molecule has 0 fully saturated rings. The van der Waals surface area contributed by atoms with Gasteiger partial charge in [0, 0.05) is 17.3 Å². The second-order valence-corrected chi connectivity index (χ2v) is 6.13. The smallest absolute Gasteiger partial charge is 0.353 e. The molecule has 2 N–H and O–H groups in total. The zero-order valence-corrected chi connectivity index (χ0v) is 16.5. The number of carbonyl (C=O) groups is 1. The van der Waals surface area contributed by atoms with E-state index in [9.17, 15) is 14.9 Å². The van der Waals surface area contributed by atoms with E-state index in [-0.39, 0.29) is 23.1 Å². The molecule has 10 nitrogen and oxygen atoms in total. The highest BCUT2D eigenvalue weighted by Crippen LogP contribution is 2.36. The van der Waals surface area contributed by atoms with Crippen LogP contribution in [0.3, 0.4) is 0 Å². The Bertz CT molecular complexity index is 1100. The Kier molecular flexibility index (Phi) is 6.06. The van der Waals surface area contributed by atoms with Crippen LogP contribution in [0.1, 0.15) is 17.3 Å². The van der Waals surface area contributed by atoms with Crippen molar-refractivity contribution in [3.05, 3.63) is 64.5 Å². The van der Waals surface area contributed by atoms with Gasteiger partial charge in [0.1, 0.15) is 17.8 Å². The van der Waals surface area contributed by atoms with Crippen molar-refractivity contribution in [3.63, 3.8) is 0 Å². The molecule has 154 valence electrons. The molecule has 30 heavy (non-hydrogen) atoms. The van der Waals surface area contributed by atoms with Gasteiger partial charge in [0.15, 0.2) is 5.78 Å². The lowest BCUT2D eigenvalue weighted by Gasteiger charge is -2.13. The summed E-state index contributed by atoms with van der Waals surface area (Å²) in [6.07, 6.45) is 1.20. The SMILES string of the molecule is COc1ccc(Nc2ncnc(Nc3cccc(C(C)=O)c3)c2[N+](=O)[O-])c(OC)c1. The van der Waals surface area contributed by atoms with Crippen LogP contribution in [0.5, 0.6) is 11.5 Å². The fraction of sp³-hybridized carbons (Fsp3) is 0.150. The number of nitro groups is 1. The highest BCUT2D eigenvalue weighted by molar-refractivity contribution is 5.95. The molecule has 0 aliphatic heterocycles. The Balaban J connectivity index is 1.99. The average molecular weight is 409 g/mol. The molecule has 10 heteroatoms. The maximum Gasteiger partial charge on any atom is 0.353 e. The van der Waals surface area contributed by atoms with E-state index in [0.29, 0.717) is 28.4 Å². The number of nitrogens with one attached hydrogen (secondary N) is 2. The number of nitrogens with zero attached hydrogens (tertiary/aromatic N) is 3. The molecule has 1 aromatic heterocycles. The van der Waals surface area contributed by atoms with Gasteiger partial charge in [-0.25, -0.2) is 9.97 Å². The summed E-state index contributed by atoms with van der Waals surface area (Å²) in [7, 11) is 3.00. The Morgan fingerprint density at radius 3 is 2.40 bits per heavy atom. The number of ketones is 1. The molecular formula is C20H19N5O5. The molecule has 0 aliphatic rings. The van der Waals surface area contributed by atoms with Crippen molar-refractivity contribution < 1.29 is 19.2 Å². The summed E-state index contributed by atoms with van der Waals surface area (Å²) in [5.74, 6) is 0.826. The van der Waals surface area contributed by atoms with Gasteiger partial charge in [0.25, 0.3) is 0 Å². The zero-order valence-electron chi connectivity index (χ0n) is 16.5. The number of Topliss-reactive ketones (excluding diaryl/α,β-unsaturated/α-hetero) is 1. The van der Waals surface area contributed by atoms with E-state index < -0.39 is 4.92 Å². The van der Waals surface area contributed by atoms with Crippen LogP contribution in [-0.2, 0) is 0 Å². The van der Waals surface area contributed by atoms with E-state index in [0.717, 1.165) is 0 Å². The van der Waals surface area contributed by atoms with Gasteiger partial charge in [-0.05, 0) is 31.2 Å². The molecule has 0 atom stereocenters. The summed E-state index contributed by atoms with van der Waals surface area (Å²) in [6.45, 7) is 1.44. The van der Waals surface area contributed by atoms with E-state index in [1.54, 1.807) is 42.5 Å². The molecule has 0 saturated carbocycles. The van der Waals surface area contributed by atoms with Gasteiger partial charge >= 0.3 is 5.69 Å². The van der Waals surface area contributed by atoms with Gasteiger partial charge in [-0.3, -0.25) is 14.9 Å². The third kappa shape index (κ3) is 4.43. The minimum Gasteiger partial charge on any atom is -0.497 e. The van der Waals surface area contributed by atoms with Crippen LogP contribution in [0.2, 0.25) is 0 Å². The molecule has 0 amide bonds. The monoisotopic (exact) mass is 409 g/mol. The summed E-state index contributed by atoms with van der Waals surface area (Å²) < 4.78 is 10.5. The quantitative estimate of drug-likeness (QED) is 0.321. The molecule has 2 aromatic carbocycles. The van der Waals surface area contributed by atoms with Crippen molar-refractivity contribution >= 4 is 34.5 Å². The van der Waals surface area contributed by atoms with Gasteiger partial charge < -0.3 is 20.1 Å². The van der Waals surface area contributed by atoms with Gasteiger partial charge in [-0.1, -0.05) is 12.1 Å². The van der Waals surface area contributed by atoms with E-state index in [1.165, 1.54) is 27.5 Å². The highest BCUT2D eigenvalue weighted by Gasteiger charge is 2.24. The van der Waals surface area contributed by atoms with Crippen LogP contribution in [0.15, 0.2) is 48.8 Å². The number of benzene rings is 2. The highest BCUT2D eigenvalue weighted by atomic mass is 16.6. The van der Waals surface area contributed by atoms with Crippen molar-refractivity contribution in [2.75, 3.05) is 24.9 Å². The number of hydrogen-bond acceptors (Lipinski definition) is 9. The molecule has 3 rings (SSSR count). The van der Waals surface area contributed by atoms with Gasteiger partial charge in [0.2, 0.25) is 11.6 Å². The van der Waals surface area contributed by atoms with Gasteiger partial charge in [-0.15, -0.1) is 0 Å². The number of hydrogen-bond donors (Lipinski definition) is 2. The molecule has 0 aliphatic carbocycles. The van der Waals surface area contributed by atoms with Gasteiger partial charge in [0.05, 0.1) is 24.8 Å². The van der Waals surface area contributed by atoms with Gasteiger partial charge in [-0.2, -0.15) is 0 Å². The number of ether oxygens (including phenoxy) is 2. The van der Waals surface area contributed by atoms with E-state index in [2.05, 4.69) is 20.6 Å². The number of carbonyl (C=O) groups excluding carboxylic acids is 1. The zero-order chi connectivity index (χ0) is 21.7. The van der Waals surface area contributed by atoms with Crippen LogP contribution in [0.4, 0.5) is 28.7 Å². The third-order valence-electron chi connectivity index (χ3n) is 4.20. The largest absolute Gasteiger partial charge is 0.497 e. The Morgan fingerprint density at radius 1 is 1.03 bits per heavy atom. The first-order valence-electron chi connectivity index (χ1n) is 8.79. The standard InChI is InChI=1S/C20H19N5O5/c1-12(26)13-5-4-6-14(9-13)23-19-18(25(27)28)20(22-11-21-19)24-16-8-7-15(29-2)10-17(16)30-3/h4-11H,1-3H3,(H2,21,22,23,24). The van der Waals surface area contributed by atoms with Crippen LogP contribution in [-0.4, -0.2) is 34.9 Å².